The van der Waals surface area contributed by atoms with E-state index in [-0.39, 0.29) is 35.6 Å². The molecule has 36 heavy (non-hydrogen) atoms. The average molecular weight is 482 g/mol. The van der Waals surface area contributed by atoms with Crippen molar-refractivity contribution in [2.75, 3.05) is 12.4 Å². The summed E-state index contributed by atoms with van der Waals surface area (Å²) in [6.07, 6.45) is 0.963. The van der Waals surface area contributed by atoms with Crippen molar-refractivity contribution in [3.63, 3.8) is 0 Å². The first-order valence-electron chi connectivity index (χ1n) is 11.7. The van der Waals surface area contributed by atoms with Crippen LogP contribution in [0.5, 0.6) is 0 Å². The van der Waals surface area contributed by atoms with Crippen LogP contribution in [0.1, 0.15) is 29.6 Å². The summed E-state index contributed by atoms with van der Waals surface area (Å²) < 4.78 is 6.54. The molecule has 4 aromatic rings. The number of methoxy groups -OCH3 is 1. The van der Waals surface area contributed by atoms with Crippen molar-refractivity contribution in [2.45, 2.75) is 24.8 Å². The van der Waals surface area contributed by atoms with Crippen LogP contribution in [0, 0.1) is 5.92 Å². The summed E-state index contributed by atoms with van der Waals surface area (Å²) in [5.74, 6) is -1.31. The lowest BCUT2D eigenvalue weighted by molar-refractivity contribution is -0.155. The molecule has 1 aliphatic carbocycles. The predicted molar refractivity (Wildman–Crippen MR) is 133 cm³/mol. The molecule has 0 atom stereocenters. The molecule has 3 N–H and O–H groups in total. The van der Waals surface area contributed by atoms with E-state index in [4.69, 9.17) is 20.6 Å². The number of esters is 1. The molecule has 1 aliphatic heterocycles. The second-order valence-electron chi connectivity index (χ2n) is 9.40. The van der Waals surface area contributed by atoms with Gasteiger partial charge < -0.3 is 15.8 Å². The number of benzene rings is 2. The fraction of sp³-hybridized carbons (Fsp3) is 0.222. The van der Waals surface area contributed by atoms with Crippen LogP contribution >= 0.6 is 0 Å². The second-order valence-corrected chi connectivity index (χ2v) is 9.40. The van der Waals surface area contributed by atoms with E-state index in [9.17, 15) is 14.4 Å². The van der Waals surface area contributed by atoms with E-state index in [0.29, 0.717) is 24.1 Å². The van der Waals surface area contributed by atoms with Crippen molar-refractivity contribution in [3.8, 4) is 22.5 Å². The summed E-state index contributed by atoms with van der Waals surface area (Å²) in [6.45, 7) is 0. The molecule has 9 heteroatoms. The molecule has 2 aromatic heterocycles. The highest BCUT2D eigenvalue weighted by atomic mass is 16.5. The average Bonchev–Trinajstić information content (AvgIpc) is 3.26. The lowest BCUT2D eigenvalue weighted by Crippen LogP contribution is -2.54. The van der Waals surface area contributed by atoms with E-state index in [0.717, 1.165) is 22.2 Å². The van der Waals surface area contributed by atoms with Gasteiger partial charge in [-0.1, -0.05) is 48.5 Å². The van der Waals surface area contributed by atoms with E-state index < -0.39 is 11.4 Å². The molecule has 2 amide bonds. The molecule has 0 radical (unpaired) electrons. The van der Waals surface area contributed by atoms with Crippen LogP contribution in [0.2, 0.25) is 0 Å². The smallest absolute Gasteiger partial charge is 0.308 e. The Morgan fingerprint density at radius 2 is 1.83 bits per heavy atom. The number of nitrogens with one attached hydrogen (secondary N) is 1. The minimum Gasteiger partial charge on any atom is -0.469 e. The molecule has 9 nitrogen and oxygen atoms in total. The quantitative estimate of drug-likeness (QED) is 0.429. The maximum Gasteiger partial charge on any atom is 0.308 e. The number of nitrogens with two attached hydrogens (primary N) is 1. The lowest BCUT2D eigenvalue weighted by Gasteiger charge is -2.48. The zero-order valence-electron chi connectivity index (χ0n) is 19.5. The summed E-state index contributed by atoms with van der Waals surface area (Å²) in [5, 5.41) is 8.50. The van der Waals surface area contributed by atoms with Gasteiger partial charge in [0.05, 0.1) is 36.2 Å². The number of hydrogen-bond acceptors (Lipinski definition) is 6. The SMILES string of the molecule is COC(=O)C1CC2(CC(=O)Nc3c(C(N)=O)c(-c4ccc5ccc(-c6ccccc6)nc5c4)nn32)C1. The number of carbonyl (C=O) groups excluding carboxylic acids is 3. The van der Waals surface area contributed by atoms with Crippen molar-refractivity contribution >= 4 is 34.5 Å². The van der Waals surface area contributed by atoms with Crippen LogP contribution < -0.4 is 11.1 Å². The monoisotopic (exact) mass is 481 g/mol. The van der Waals surface area contributed by atoms with Gasteiger partial charge in [0, 0.05) is 16.5 Å². The summed E-state index contributed by atoms with van der Waals surface area (Å²) in [4.78, 5) is 42.1. The van der Waals surface area contributed by atoms with Gasteiger partial charge in [0.1, 0.15) is 17.1 Å². The maximum absolute atomic E-state index is 12.6. The Kier molecular flexibility index (Phi) is 4.89. The molecule has 1 saturated carbocycles. The Morgan fingerprint density at radius 1 is 1.08 bits per heavy atom. The van der Waals surface area contributed by atoms with Gasteiger partial charge >= 0.3 is 5.97 Å². The molecule has 2 aliphatic rings. The van der Waals surface area contributed by atoms with Gasteiger partial charge in [-0.15, -0.1) is 0 Å². The highest BCUT2D eigenvalue weighted by Gasteiger charge is 2.54. The largest absolute Gasteiger partial charge is 0.469 e. The number of carbonyl (C=O) groups is 3. The Morgan fingerprint density at radius 3 is 2.56 bits per heavy atom. The van der Waals surface area contributed by atoms with Gasteiger partial charge in [0.25, 0.3) is 5.91 Å². The number of aromatic nitrogens is 3. The number of ether oxygens (including phenoxy) is 1. The lowest BCUT2D eigenvalue weighted by atomic mass is 9.65. The first-order valence-corrected chi connectivity index (χ1v) is 11.7. The third kappa shape index (κ3) is 3.35. The molecular weight excluding hydrogens is 458 g/mol. The molecule has 1 spiro atoms. The molecular formula is C27H23N5O4. The third-order valence-corrected chi connectivity index (χ3v) is 7.15. The second kappa shape index (κ2) is 8.01. The number of amides is 2. The number of fused-ring (bicyclic) bond motifs is 3. The Bertz CT molecular complexity index is 1550. The summed E-state index contributed by atoms with van der Waals surface area (Å²) in [7, 11) is 1.35. The first kappa shape index (κ1) is 22.0. The minimum absolute atomic E-state index is 0.141. The topological polar surface area (TPSA) is 129 Å². The number of hydrogen-bond donors (Lipinski definition) is 2. The van der Waals surface area contributed by atoms with E-state index in [1.807, 2.05) is 60.7 Å². The number of rotatable bonds is 4. The summed E-state index contributed by atoms with van der Waals surface area (Å²) in [6, 6.07) is 19.5. The molecule has 1 fully saturated rings. The third-order valence-electron chi connectivity index (χ3n) is 7.15. The highest BCUT2D eigenvalue weighted by molar-refractivity contribution is 6.08. The van der Waals surface area contributed by atoms with Crippen LogP contribution in [0.4, 0.5) is 5.82 Å². The van der Waals surface area contributed by atoms with Crippen LogP contribution in [-0.2, 0) is 19.9 Å². The zero-order chi connectivity index (χ0) is 25.0. The molecule has 0 unspecified atom stereocenters. The van der Waals surface area contributed by atoms with Crippen LogP contribution in [-0.4, -0.2) is 39.7 Å². The van der Waals surface area contributed by atoms with Gasteiger partial charge in [-0.05, 0) is 25.0 Å². The number of pyridine rings is 1. The van der Waals surface area contributed by atoms with Crippen molar-refractivity contribution in [1.29, 1.82) is 0 Å². The van der Waals surface area contributed by atoms with Crippen molar-refractivity contribution in [2.24, 2.45) is 11.7 Å². The van der Waals surface area contributed by atoms with Crippen molar-refractivity contribution < 1.29 is 19.1 Å². The van der Waals surface area contributed by atoms with Gasteiger partial charge in [-0.25, -0.2) is 9.67 Å². The number of primary amides is 1. The number of anilines is 1. The van der Waals surface area contributed by atoms with Gasteiger partial charge in [0.2, 0.25) is 5.91 Å². The zero-order valence-corrected chi connectivity index (χ0v) is 19.5. The molecule has 180 valence electrons. The molecule has 0 saturated heterocycles. The van der Waals surface area contributed by atoms with Crippen molar-refractivity contribution in [1.82, 2.24) is 14.8 Å². The Labute approximate surface area is 206 Å². The van der Waals surface area contributed by atoms with E-state index >= 15 is 0 Å². The minimum atomic E-state index is -0.700. The maximum atomic E-state index is 12.6. The Balaban J connectivity index is 1.47. The summed E-state index contributed by atoms with van der Waals surface area (Å²) >= 11 is 0. The Hall–Kier alpha value is -4.53. The molecule has 0 bridgehead atoms. The van der Waals surface area contributed by atoms with Gasteiger partial charge in [-0.3, -0.25) is 14.4 Å². The van der Waals surface area contributed by atoms with E-state index in [1.54, 1.807) is 4.68 Å². The van der Waals surface area contributed by atoms with E-state index in [1.165, 1.54) is 7.11 Å². The summed E-state index contributed by atoms with van der Waals surface area (Å²) in [5.41, 5.74) is 8.82. The van der Waals surface area contributed by atoms with E-state index in [2.05, 4.69) is 5.32 Å². The number of nitrogens with zero attached hydrogens (tertiary/aromatic N) is 3. The fourth-order valence-corrected chi connectivity index (χ4v) is 5.40. The molecule has 3 heterocycles. The van der Waals surface area contributed by atoms with Gasteiger partial charge in [0.15, 0.2) is 0 Å². The normalized spacial score (nSPS) is 20.5. The highest BCUT2D eigenvalue weighted by Crippen LogP contribution is 2.51. The molecule has 6 rings (SSSR count). The van der Waals surface area contributed by atoms with Crippen molar-refractivity contribution in [3.05, 3.63) is 66.2 Å². The standard InChI is InChI=1S/C27H23N5O4/c1-36-26(35)18-12-27(13-18)14-21(33)30-25-22(24(28)34)23(31-32(25)27)17-8-7-16-9-10-19(29-20(16)11-17)15-5-3-2-4-6-15/h2-11,18H,12-14H2,1H3,(H2,28,34)(H,30,33). The molecule has 2 aromatic carbocycles. The van der Waals surface area contributed by atoms with Gasteiger partial charge in [-0.2, -0.15) is 5.10 Å². The first-order chi connectivity index (χ1) is 17.4. The van der Waals surface area contributed by atoms with Crippen LogP contribution in [0.3, 0.4) is 0 Å². The van der Waals surface area contributed by atoms with Crippen LogP contribution in [0.25, 0.3) is 33.4 Å². The van der Waals surface area contributed by atoms with Crippen LogP contribution in [0.15, 0.2) is 60.7 Å². The fourth-order valence-electron chi connectivity index (χ4n) is 5.40. The predicted octanol–water partition coefficient (Wildman–Crippen LogP) is 3.48.